The van der Waals surface area contributed by atoms with E-state index in [1.54, 1.807) is 0 Å². The average molecular weight is 360 g/mol. The van der Waals surface area contributed by atoms with E-state index in [0.717, 1.165) is 12.8 Å². The lowest BCUT2D eigenvalue weighted by Gasteiger charge is -2.09. The van der Waals surface area contributed by atoms with Gasteiger partial charge in [-0.15, -0.1) is 11.3 Å². The lowest BCUT2D eigenvalue weighted by atomic mass is 9.95. The first-order valence-corrected chi connectivity index (χ1v) is 10.4. The first kappa shape index (κ1) is 14.2. The second-order valence-corrected chi connectivity index (χ2v) is 8.78. The monoisotopic (exact) mass is 360 g/mol. The smallest absolute Gasteiger partial charge is 0.0358 e. The fourth-order valence-electron chi connectivity index (χ4n) is 5.24. The Labute approximate surface area is 161 Å². The van der Waals surface area contributed by atoms with E-state index in [1.165, 1.54) is 64.7 Å². The maximum atomic E-state index is 2.38. The maximum Gasteiger partial charge on any atom is 0.0358 e. The van der Waals surface area contributed by atoms with Gasteiger partial charge < -0.3 is 0 Å². The zero-order valence-electron chi connectivity index (χ0n) is 14.8. The van der Waals surface area contributed by atoms with Crippen molar-refractivity contribution >= 4 is 31.5 Å². The predicted molar refractivity (Wildman–Crippen MR) is 116 cm³/mol. The molecule has 0 fully saturated rings. The minimum absolute atomic E-state index is 1.06. The molecule has 5 aromatic rings. The summed E-state index contributed by atoms with van der Waals surface area (Å²) in [5, 5.41) is 2.90. The third-order valence-electron chi connectivity index (χ3n) is 6.36. The fourth-order valence-corrected chi connectivity index (χ4v) is 6.37. The highest BCUT2D eigenvalue weighted by atomic mass is 32.1. The van der Waals surface area contributed by atoms with E-state index in [0.29, 0.717) is 0 Å². The Morgan fingerprint density at radius 1 is 0.556 bits per heavy atom. The lowest BCUT2D eigenvalue weighted by molar-refractivity contribution is 1.24. The van der Waals surface area contributed by atoms with Crippen LogP contribution in [-0.2, 0) is 12.8 Å². The molecule has 2 aliphatic rings. The molecule has 0 saturated heterocycles. The highest BCUT2D eigenvalue weighted by Gasteiger charge is 2.29. The third kappa shape index (κ3) is 1.73. The molecule has 0 bridgehead atoms. The van der Waals surface area contributed by atoms with Gasteiger partial charge in [-0.25, -0.2) is 0 Å². The topological polar surface area (TPSA) is 0 Å². The summed E-state index contributed by atoms with van der Waals surface area (Å²) < 4.78 is 2.82. The normalized spacial score (nSPS) is 13.6. The second-order valence-electron chi connectivity index (χ2n) is 7.70. The average Bonchev–Trinajstić information content (AvgIpc) is 3.37. The Balaban J connectivity index is 1.56. The van der Waals surface area contributed by atoms with Crippen molar-refractivity contribution in [2.75, 3.05) is 0 Å². The van der Waals surface area contributed by atoms with Gasteiger partial charge in [0.15, 0.2) is 0 Å². The standard InChI is InChI=1S/C26H16S/c1-2-6-17-15(5-1)13-21-18(17)10-9-16-14-22-19(25(16)21)11-12-24-26(22)20-7-3-4-8-23(20)27-24/h1-12H,13-14H2. The Bertz CT molecular complexity index is 1420. The highest BCUT2D eigenvalue weighted by Crippen LogP contribution is 2.50. The van der Waals surface area contributed by atoms with Crippen LogP contribution in [0.2, 0.25) is 0 Å². The van der Waals surface area contributed by atoms with Gasteiger partial charge in [-0.1, -0.05) is 60.7 Å². The van der Waals surface area contributed by atoms with Crippen LogP contribution in [0.3, 0.4) is 0 Å². The molecule has 0 N–H and O–H groups in total. The molecule has 0 unspecified atom stereocenters. The van der Waals surface area contributed by atoms with Crippen molar-refractivity contribution in [3.05, 3.63) is 95.1 Å². The quantitative estimate of drug-likeness (QED) is 0.268. The molecule has 27 heavy (non-hydrogen) atoms. The van der Waals surface area contributed by atoms with Crippen molar-refractivity contribution in [2.45, 2.75) is 12.8 Å². The summed E-state index contributed by atoms with van der Waals surface area (Å²) in [7, 11) is 0. The molecule has 1 heteroatoms. The largest absolute Gasteiger partial charge is 0.135 e. The summed E-state index contributed by atoms with van der Waals surface area (Å²) in [6, 6.07) is 27.2. The van der Waals surface area contributed by atoms with Gasteiger partial charge in [-0.2, -0.15) is 0 Å². The van der Waals surface area contributed by atoms with E-state index in [2.05, 4.69) is 72.8 Å². The van der Waals surface area contributed by atoms with Gasteiger partial charge in [-0.3, -0.25) is 0 Å². The van der Waals surface area contributed by atoms with Crippen LogP contribution in [0.15, 0.2) is 72.8 Å². The first-order valence-electron chi connectivity index (χ1n) is 9.55. The Morgan fingerprint density at radius 3 is 2.37 bits per heavy atom. The summed E-state index contributed by atoms with van der Waals surface area (Å²) >= 11 is 1.92. The fraction of sp³-hybridized carbons (Fsp3) is 0.0769. The second kappa shape index (κ2) is 4.88. The molecular weight excluding hydrogens is 344 g/mol. The van der Waals surface area contributed by atoms with Crippen LogP contribution in [0.4, 0.5) is 0 Å². The zero-order valence-corrected chi connectivity index (χ0v) is 15.6. The van der Waals surface area contributed by atoms with Crippen LogP contribution >= 0.6 is 11.3 Å². The van der Waals surface area contributed by atoms with E-state index in [-0.39, 0.29) is 0 Å². The van der Waals surface area contributed by atoms with Crippen LogP contribution in [0, 0.1) is 0 Å². The van der Waals surface area contributed by atoms with Gasteiger partial charge in [0.25, 0.3) is 0 Å². The van der Waals surface area contributed by atoms with Crippen LogP contribution in [0.25, 0.3) is 42.4 Å². The Hall–Kier alpha value is -2.90. The molecule has 0 amide bonds. The van der Waals surface area contributed by atoms with Crippen molar-refractivity contribution in [3.8, 4) is 22.3 Å². The van der Waals surface area contributed by atoms with E-state index in [9.17, 15) is 0 Å². The number of hydrogen-bond donors (Lipinski definition) is 0. The minimum Gasteiger partial charge on any atom is -0.135 e. The molecule has 4 aromatic carbocycles. The molecule has 7 rings (SSSR count). The maximum absolute atomic E-state index is 2.38. The van der Waals surface area contributed by atoms with Gasteiger partial charge in [0.2, 0.25) is 0 Å². The van der Waals surface area contributed by atoms with E-state index < -0.39 is 0 Å². The molecule has 1 heterocycles. The summed E-state index contributed by atoms with van der Waals surface area (Å²) in [6.45, 7) is 0. The number of hydrogen-bond acceptors (Lipinski definition) is 1. The lowest BCUT2D eigenvalue weighted by Crippen LogP contribution is -1.88. The van der Waals surface area contributed by atoms with Gasteiger partial charge in [-0.05, 0) is 69.5 Å². The molecule has 0 saturated carbocycles. The first-order chi connectivity index (χ1) is 13.4. The molecule has 0 atom stereocenters. The summed E-state index contributed by atoms with van der Waals surface area (Å²) in [5.74, 6) is 0. The summed E-state index contributed by atoms with van der Waals surface area (Å²) in [4.78, 5) is 0. The summed E-state index contributed by atoms with van der Waals surface area (Å²) in [6.07, 6.45) is 2.13. The van der Waals surface area contributed by atoms with E-state index >= 15 is 0 Å². The van der Waals surface area contributed by atoms with Crippen LogP contribution in [0.1, 0.15) is 22.3 Å². The zero-order chi connectivity index (χ0) is 17.5. The van der Waals surface area contributed by atoms with Crippen molar-refractivity contribution in [1.29, 1.82) is 0 Å². The molecule has 126 valence electrons. The molecular formula is C26H16S. The Morgan fingerprint density at radius 2 is 1.37 bits per heavy atom. The van der Waals surface area contributed by atoms with E-state index in [4.69, 9.17) is 0 Å². The van der Waals surface area contributed by atoms with Crippen LogP contribution in [-0.4, -0.2) is 0 Å². The number of benzene rings is 4. The van der Waals surface area contributed by atoms with Crippen molar-refractivity contribution in [3.63, 3.8) is 0 Å². The predicted octanol–water partition coefficient (Wildman–Crippen LogP) is 7.20. The van der Waals surface area contributed by atoms with Gasteiger partial charge >= 0.3 is 0 Å². The van der Waals surface area contributed by atoms with Crippen molar-refractivity contribution < 1.29 is 0 Å². The molecule has 0 spiro atoms. The highest BCUT2D eigenvalue weighted by molar-refractivity contribution is 7.25. The molecule has 0 nitrogen and oxygen atoms in total. The molecule has 1 aromatic heterocycles. The van der Waals surface area contributed by atoms with Gasteiger partial charge in [0, 0.05) is 20.2 Å². The molecule has 0 radical (unpaired) electrons. The third-order valence-corrected chi connectivity index (χ3v) is 7.50. The summed E-state index contributed by atoms with van der Waals surface area (Å²) in [5.41, 5.74) is 11.9. The number of rotatable bonds is 0. The number of fused-ring (bicyclic) bond motifs is 11. The van der Waals surface area contributed by atoms with Gasteiger partial charge in [0.05, 0.1) is 0 Å². The van der Waals surface area contributed by atoms with Crippen molar-refractivity contribution in [1.82, 2.24) is 0 Å². The Kier molecular flexibility index (Phi) is 2.56. The molecule has 2 aliphatic carbocycles. The minimum atomic E-state index is 1.06. The van der Waals surface area contributed by atoms with Crippen LogP contribution < -0.4 is 0 Å². The van der Waals surface area contributed by atoms with Gasteiger partial charge in [0.1, 0.15) is 0 Å². The molecule has 0 aliphatic heterocycles. The van der Waals surface area contributed by atoms with E-state index in [1.807, 2.05) is 11.3 Å². The van der Waals surface area contributed by atoms with Crippen molar-refractivity contribution in [2.24, 2.45) is 0 Å². The van der Waals surface area contributed by atoms with Crippen LogP contribution in [0.5, 0.6) is 0 Å². The SMILES string of the molecule is c1ccc2c(c1)Cc1c-2ccc2c1-c1ccc3sc4ccccc4c3c1C2. The number of thiophene rings is 1.